The smallest absolute Gasteiger partial charge is 0.129 e. The first-order valence-electron chi connectivity index (χ1n) is 4.20. The van der Waals surface area contributed by atoms with Gasteiger partial charge in [-0.3, -0.25) is 4.99 Å². The second-order valence-electron chi connectivity index (χ2n) is 3.09. The molecule has 0 bridgehead atoms. The third-order valence-corrected chi connectivity index (χ3v) is 1.70. The van der Waals surface area contributed by atoms with Crippen LogP contribution in [0, 0.1) is 0 Å². The van der Waals surface area contributed by atoms with Gasteiger partial charge in [0.15, 0.2) is 0 Å². The van der Waals surface area contributed by atoms with Gasteiger partial charge < -0.3 is 9.69 Å². The van der Waals surface area contributed by atoms with Gasteiger partial charge in [0.2, 0.25) is 0 Å². The summed E-state index contributed by atoms with van der Waals surface area (Å²) in [5, 5.41) is 0. The molecule has 0 rings (SSSR count). The van der Waals surface area contributed by atoms with Crippen LogP contribution in [-0.4, -0.2) is 37.7 Å². The lowest BCUT2D eigenvalue weighted by Gasteiger charge is -2.14. The summed E-state index contributed by atoms with van der Waals surface area (Å²) in [6.07, 6.45) is 2.45. The lowest BCUT2D eigenvalue weighted by atomic mass is 10.2. The number of carbonyl (C=O) groups is 1. The summed E-state index contributed by atoms with van der Waals surface area (Å²) in [4.78, 5) is 16.7. The molecule has 0 amide bonds. The maximum atomic E-state index is 10.6. The highest BCUT2D eigenvalue weighted by Gasteiger charge is 2.01. The third kappa shape index (κ3) is 4.88. The molecular weight excluding hydrogens is 152 g/mol. The van der Waals surface area contributed by atoms with E-state index in [0.717, 1.165) is 18.7 Å². The van der Waals surface area contributed by atoms with E-state index >= 15 is 0 Å². The van der Waals surface area contributed by atoms with Crippen LogP contribution in [-0.2, 0) is 4.79 Å². The van der Waals surface area contributed by atoms with E-state index in [1.165, 1.54) is 0 Å². The molecule has 0 N–H and O–H groups in total. The molecule has 0 aliphatic carbocycles. The Morgan fingerprint density at radius 3 is 2.25 bits per heavy atom. The van der Waals surface area contributed by atoms with Crippen LogP contribution < -0.4 is 0 Å². The van der Waals surface area contributed by atoms with Crippen molar-refractivity contribution in [3.63, 3.8) is 0 Å². The molecule has 0 saturated carbocycles. The SMILES string of the molecule is CN=C(CCCC(C)=O)N(C)C. The Morgan fingerprint density at radius 2 is 1.92 bits per heavy atom. The highest BCUT2D eigenvalue weighted by molar-refractivity contribution is 5.82. The number of nitrogens with zero attached hydrogens (tertiary/aromatic N) is 2. The Balaban J connectivity index is 3.68. The van der Waals surface area contributed by atoms with Gasteiger partial charge in [0.1, 0.15) is 5.78 Å². The number of amidine groups is 1. The molecule has 0 fully saturated rings. The zero-order valence-electron chi connectivity index (χ0n) is 8.42. The van der Waals surface area contributed by atoms with Gasteiger partial charge in [-0.25, -0.2) is 0 Å². The molecule has 0 atom stereocenters. The predicted octanol–water partition coefficient (Wildman–Crippen LogP) is 1.34. The van der Waals surface area contributed by atoms with Crippen molar-refractivity contribution in [2.45, 2.75) is 26.2 Å². The summed E-state index contributed by atoms with van der Waals surface area (Å²) in [6.45, 7) is 1.62. The summed E-state index contributed by atoms with van der Waals surface area (Å²) in [7, 11) is 5.72. The summed E-state index contributed by atoms with van der Waals surface area (Å²) in [6, 6.07) is 0. The van der Waals surface area contributed by atoms with Crippen LogP contribution in [0.3, 0.4) is 0 Å². The molecule has 0 spiro atoms. The highest BCUT2D eigenvalue weighted by atomic mass is 16.1. The fraction of sp³-hybridized carbons (Fsp3) is 0.778. The van der Waals surface area contributed by atoms with E-state index in [1.807, 2.05) is 19.0 Å². The third-order valence-electron chi connectivity index (χ3n) is 1.70. The molecular formula is C9H18N2O. The molecule has 3 nitrogen and oxygen atoms in total. The minimum atomic E-state index is 0.254. The second kappa shape index (κ2) is 5.75. The minimum absolute atomic E-state index is 0.254. The molecule has 0 aromatic carbocycles. The van der Waals surface area contributed by atoms with E-state index < -0.39 is 0 Å². The Morgan fingerprint density at radius 1 is 1.33 bits per heavy atom. The number of hydrogen-bond acceptors (Lipinski definition) is 2. The van der Waals surface area contributed by atoms with Gasteiger partial charge in [0, 0.05) is 34.0 Å². The molecule has 12 heavy (non-hydrogen) atoms. The van der Waals surface area contributed by atoms with Crippen molar-refractivity contribution in [3.05, 3.63) is 0 Å². The molecule has 3 heteroatoms. The van der Waals surface area contributed by atoms with Crippen LogP contribution in [0.2, 0.25) is 0 Å². The van der Waals surface area contributed by atoms with Crippen molar-refractivity contribution in [1.82, 2.24) is 4.90 Å². The number of rotatable bonds is 4. The molecule has 0 saturated heterocycles. The van der Waals surface area contributed by atoms with Crippen LogP contribution in [0.15, 0.2) is 4.99 Å². The maximum Gasteiger partial charge on any atom is 0.129 e. The average Bonchev–Trinajstić information content (AvgIpc) is 1.96. The Kier molecular flexibility index (Phi) is 5.34. The van der Waals surface area contributed by atoms with Gasteiger partial charge in [-0.1, -0.05) is 0 Å². The van der Waals surface area contributed by atoms with Gasteiger partial charge in [-0.05, 0) is 13.3 Å². The van der Waals surface area contributed by atoms with E-state index in [-0.39, 0.29) is 5.78 Å². The van der Waals surface area contributed by atoms with E-state index in [2.05, 4.69) is 4.99 Å². The number of carbonyl (C=O) groups excluding carboxylic acids is 1. The Hall–Kier alpha value is -0.860. The highest BCUT2D eigenvalue weighted by Crippen LogP contribution is 2.00. The fourth-order valence-electron chi connectivity index (χ4n) is 1.03. The second-order valence-corrected chi connectivity index (χ2v) is 3.09. The van der Waals surface area contributed by atoms with Crippen LogP contribution in [0.1, 0.15) is 26.2 Å². The molecule has 0 aromatic rings. The van der Waals surface area contributed by atoms with Gasteiger partial charge in [0.25, 0.3) is 0 Å². The van der Waals surface area contributed by atoms with E-state index in [1.54, 1.807) is 14.0 Å². The summed E-state index contributed by atoms with van der Waals surface area (Å²) < 4.78 is 0. The van der Waals surface area contributed by atoms with Crippen molar-refractivity contribution in [3.8, 4) is 0 Å². The first-order chi connectivity index (χ1) is 5.57. The molecule has 0 unspecified atom stereocenters. The average molecular weight is 170 g/mol. The van der Waals surface area contributed by atoms with Crippen molar-refractivity contribution >= 4 is 11.6 Å². The van der Waals surface area contributed by atoms with Gasteiger partial charge in [-0.2, -0.15) is 0 Å². The number of Topliss-reactive ketones (excluding diaryl/α,β-unsaturated/α-hetero) is 1. The van der Waals surface area contributed by atoms with Gasteiger partial charge >= 0.3 is 0 Å². The lowest BCUT2D eigenvalue weighted by molar-refractivity contribution is -0.117. The summed E-state index contributed by atoms with van der Waals surface area (Å²) in [5.74, 6) is 1.31. The largest absolute Gasteiger partial charge is 0.367 e. The predicted molar refractivity (Wildman–Crippen MR) is 51.6 cm³/mol. The summed E-state index contributed by atoms with van der Waals surface area (Å²) >= 11 is 0. The zero-order chi connectivity index (χ0) is 9.56. The van der Waals surface area contributed by atoms with Crippen molar-refractivity contribution < 1.29 is 4.79 Å². The zero-order valence-corrected chi connectivity index (χ0v) is 8.42. The van der Waals surface area contributed by atoms with Gasteiger partial charge in [-0.15, -0.1) is 0 Å². The molecule has 70 valence electrons. The van der Waals surface area contributed by atoms with E-state index in [4.69, 9.17) is 0 Å². The molecule has 0 aliphatic heterocycles. The molecule has 0 radical (unpaired) electrons. The maximum absolute atomic E-state index is 10.6. The number of ketones is 1. The van der Waals surface area contributed by atoms with Crippen molar-refractivity contribution in [2.24, 2.45) is 4.99 Å². The van der Waals surface area contributed by atoms with Crippen LogP contribution in [0.25, 0.3) is 0 Å². The van der Waals surface area contributed by atoms with Crippen molar-refractivity contribution in [2.75, 3.05) is 21.1 Å². The molecule has 0 aromatic heterocycles. The fourth-order valence-corrected chi connectivity index (χ4v) is 1.03. The lowest BCUT2D eigenvalue weighted by Crippen LogP contribution is -2.21. The quantitative estimate of drug-likeness (QED) is 0.471. The molecule has 0 aliphatic rings. The van der Waals surface area contributed by atoms with E-state index in [0.29, 0.717) is 6.42 Å². The Labute approximate surface area is 74.5 Å². The first kappa shape index (κ1) is 11.1. The van der Waals surface area contributed by atoms with Crippen LogP contribution in [0.4, 0.5) is 0 Å². The molecule has 0 heterocycles. The number of aliphatic imine (C=N–C) groups is 1. The first-order valence-corrected chi connectivity index (χ1v) is 4.20. The number of hydrogen-bond donors (Lipinski definition) is 0. The standard InChI is InChI=1S/C9H18N2O/c1-8(12)6-5-7-9(10-2)11(3)4/h5-7H2,1-4H3. The van der Waals surface area contributed by atoms with E-state index in [9.17, 15) is 4.79 Å². The summed E-state index contributed by atoms with van der Waals surface area (Å²) in [5.41, 5.74) is 0. The monoisotopic (exact) mass is 170 g/mol. The Bertz CT molecular complexity index is 173. The minimum Gasteiger partial charge on any atom is -0.367 e. The van der Waals surface area contributed by atoms with Crippen molar-refractivity contribution in [1.29, 1.82) is 0 Å². The van der Waals surface area contributed by atoms with Crippen LogP contribution in [0.5, 0.6) is 0 Å². The van der Waals surface area contributed by atoms with Crippen LogP contribution >= 0.6 is 0 Å². The topological polar surface area (TPSA) is 32.7 Å². The van der Waals surface area contributed by atoms with Gasteiger partial charge in [0.05, 0.1) is 5.84 Å². The normalized spacial score (nSPS) is 11.5.